The zero-order valence-electron chi connectivity index (χ0n) is 13.4. The number of ether oxygens (including phenoxy) is 1. The zero-order valence-corrected chi connectivity index (χ0v) is 13.4. The molecule has 3 heteroatoms. The Bertz CT molecular complexity index is 365. The van der Waals surface area contributed by atoms with Gasteiger partial charge in [0.25, 0.3) is 0 Å². The monoisotopic (exact) mass is 279 g/mol. The van der Waals surface area contributed by atoms with E-state index in [0.29, 0.717) is 24.3 Å². The Kier molecular flexibility index (Phi) is 7.03. The predicted molar refractivity (Wildman–Crippen MR) is 84.0 cm³/mol. The molecule has 0 aliphatic heterocycles. The summed E-state index contributed by atoms with van der Waals surface area (Å²) in [6, 6.07) is 7.58. The van der Waals surface area contributed by atoms with Gasteiger partial charge in [-0.1, -0.05) is 39.8 Å². The van der Waals surface area contributed by atoms with Gasteiger partial charge in [0, 0.05) is 6.54 Å². The van der Waals surface area contributed by atoms with E-state index >= 15 is 0 Å². The normalized spacial score (nSPS) is 13.2. The van der Waals surface area contributed by atoms with Gasteiger partial charge in [0.15, 0.2) is 0 Å². The molecule has 1 rings (SSSR count). The summed E-state index contributed by atoms with van der Waals surface area (Å²) in [7, 11) is 1.64. The second-order valence-electron chi connectivity index (χ2n) is 6.10. The van der Waals surface area contributed by atoms with Crippen molar-refractivity contribution in [3.63, 3.8) is 0 Å². The number of aliphatic hydroxyl groups is 1. The van der Waals surface area contributed by atoms with E-state index in [1.807, 2.05) is 24.3 Å². The molecule has 0 amide bonds. The predicted octanol–water partition coefficient (Wildman–Crippen LogP) is 3.25. The van der Waals surface area contributed by atoms with Crippen molar-refractivity contribution in [3.05, 3.63) is 29.8 Å². The molecular weight excluding hydrogens is 250 g/mol. The minimum Gasteiger partial charge on any atom is -0.497 e. The van der Waals surface area contributed by atoms with Crippen molar-refractivity contribution in [2.45, 2.75) is 33.8 Å². The van der Waals surface area contributed by atoms with Crippen LogP contribution in [0.25, 0.3) is 0 Å². The van der Waals surface area contributed by atoms with Crippen LogP contribution in [0.5, 0.6) is 5.75 Å². The first-order valence-corrected chi connectivity index (χ1v) is 7.48. The van der Waals surface area contributed by atoms with Gasteiger partial charge in [0.2, 0.25) is 0 Å². The van der Waals surface area contributed by atoms with Crippen molar-refractivity contribution in [3.8, 4) is 5.75 Å². The molecule has 0 heterocycles. The van der Waals surface area contributed by atoms with Crippen molar-refractivity contribution in [2.24, 2.45) is 17.8 Å². The zero-order chi connectivity index (χ0) is 15.1. The summed E-state index contributed by atoms with van der Waals surface area (Å²) in [4.78, 5) is 0. The van der Waals surface area contributed by atoms with Crippen LogP contribution in [-0.4, -0.2) is 25.3 Å². The fourth-order valence-corrected chi connectivity index (χ4v) is 2.57. The van der Waals surface area contributed by atoms with E-state index in [-0.39, 0.29) is 0 Å². The molecule has 0 spiro atoms. The number of benzene rings is 1. The fourth-order valence-electron chi connectivity index (χ4n) is 2.57. The lowest BCUT2D eigenvalue weighted by Crippen LogP contribution is -2.32. The first-order valence-electron chi connectivity index (χ1n) is 7.48. The third kappa shape index (κ3) is 5.14. The summed E-state index contributed by atoms with van der Waals surface area (Å²) < 4.78 is 5.12. The van der Waals surface area contributed by atoms with Crippen molar-refractivity contribution in [1.82, 2.24) is 5.32 Å². The second-order valence-corrected chi connectivity index (χ2v) is 6.10. The highest BCUT2D eigenvalue weighted by atomic mass is 16.5. The lowest BCUT2D eigenvalue weighted by molar-refractivity contribution is 0.166. The number of methoxy groups -OCH3 is 1. The van der Waals surface area contributed by atoms with Crippen molar-refractivity contribution in [1.29, 1.82) is 0 Å². The molecule has 1 aromatic rings. The van der Waals surface area contributed by atoms with Gasteiger partial charge in [0.05, 0.1) is 13.2 Å². The van der Waals surface area contributed by atoms with Crippen LogP contribution in [0.3, 0.4) is 0 Å². The van der Waals surface area contributed by atoms with E-state index < -0.39 is 6.10 Å². The van der Waals surface area contributed by atoms with Crippen LogP contribution in [0.4, 0.5) is 0 Å². The van der Waals surface area contributed by atoms with E-state index in [2.05, 4.69) is 33.0 Å². The van der Waals surface area contributed by atoms with Crippen LogP contribution >= 0.6 is 0 Å². The molecule has 0 aliphatic carbocycles. The van der Waals surface area contributed by atoms with Gasteiger partial charge < -0.3 is 15.2 Å². The van der Waals surface area contributed by atoms with Crippen LogP contribution in [0.2, 0.25) is 0 Å². The Morgan fingerprint density at radius 1 is 1.00 bits per heavy atom. The summed E-state index contributed by atoms with van der Waals surface area (Å²) in [6.07, 6.45) is -0.471. The molecule has 114 valence electrons. The van der Waals surface area contributed by atoms with Crippen molar-refractivity contribution < 1.29 is 9.84 Å². The standard InChI is InChI=1S/C17H29NO2/c1-12(2)16(13(3)4)10-18-11-17(19)14-6-8-15(20-5)9-7-14/h6-9,12-13,16-19H,10-11H2,1-5H3. The van der Waals surface area contributed by atoms with Gasteiger partial charge in [0.1, 0.15) is 5.75 Å². The van der Waals surface area contributed by atoms with Gasteiger partial charge in [-0.15, -0.1) is 0 Å². The van der Waals surface area contributed by atoms with E-state index in [9.17, 15) is 5.11 Å². The Balaban J connectivity index is 2.44. The summed E-state index contributed by atoms with van der Waals surface area (Å²) in [6.45, 7) is 10.6. The molecule has 0 aliphatic rings. The SMILES string of the molecule is COc1ccc(C(O)CNCC(C(C)C)C(C)C)cc1. The highest BCUT2D eigenvalue weighted by Gasteiger charge is 2.17. The average Bonchev–Trinajstić information content (AvgIpc) is 2.42. The molecule has 0 radical (unpaired) electrons. The Labute approximate surface area is 123 Å². The molecule has 0 fully saturated rings. The summed E-state index contributed by atoms with van der Waals surface area (Å²) >= 11 is 0. The highest BCUT2D eigenvalue weighted by molar-refractivity contribution is 5.28. The van der Waals surface area contributed by atoms with E-state index in [1.165, 1.54) is 0 Å². The van der Waals surface area contributed by atoms with Gasteiger partial charge >= 0.3 is 0 Å². The number of hydrogen-bond acceptors (Lipinski definition) is 3. The largest absolute Gasteiger partial charge is 0.497 e. The van der Waals surface area contributed by atoms with Gasteiger partial charge in [-0.25, -0.2) is 0 Å². The topological polar surface area (TPSA) is 41.5 Å². The number of aliphatic hydroxyl groups excluding tert-OH is 1. The van der Waals surface area contributed by atoms with Crippen molar-refractivity contribution in [2.75, 3.05) is 20.2 Å². The molecule has 1 unspecified atom stereocenters. The van der Waals surface area contributed by atoms with Crippen LogP contribution < -0.4 is 10.1 Å². The van der Waals surface area contributed by atoms with Crippen LogP contribution in [0.15, 0.2) is 24.3 Å². The summed E-state index contributed by atoms with van der Waals surface area (Å²) in [5.74, 6) is 2.76. The first kappa shape index (κ1) is 17.0. The molecule has 0 saturated heterocycles. The van der Waals surface area contributed by atoms with E-state index in [1.54, 1.807) is 7.11 Å². The van der Waals surface area contributed by atoms with Gasteiger partial charge in [-0.3, -0.25) is 0 Å². The molecule has 0 bridgehead atoms. The number of nitrogens with one attached hydrogen (secondary N) is 1. The third-order valence-corrected chi connectivity index (χ3v) is 3.93. The molecule has 2 N–H and O–H groups in total. The van der Waals surface area contributed by atoms with Crippen molar-refractivity contribution >= 4 is 0 Å². The Morgan fingerprint density at radius 2 is 1.55 bits per heavy atom. The summed E-state index contributed by atoms with van der Waals surface area (Å²) in [5.41, 5.74) is 0.920. The molecule has 1 atom stereocenters. The lowest BCUT2D eigenvalue weighted by atomic mass is 9.85. The van der Waals surface area contributed by atoms with E-state index in [4.69, 9.17) is 4.74 Å². The first-order chi connectivity index (χ1) is 9.45. The molecule has 20 heavy (non-hydrogen) atoms. The highest BCUT2D eigenvalue weighted by Crippen LogP contribution is 2.20. The number of rotatable bonds is 8. The summed E-state index contributed by atoms with van der Waals surface area (Å²) in [5, 5.41) is 13.6. The molecule has 0 saturated carbocycles. The third-order valence-electron chi connectivity index (χ3n) is 3.93. The smallest absolute Gasteiger partial charge is 0.118 e. The molecular formula is C17H29NO2. The fraction of sp³-hybridized carbons (Fsp3) is 0.647. The van der Waals surface area contributed by atoms with Crippen LogP contribution in [-0.2, 0) is 0 Å². The molecule has 3 nitrogen and oxygen atoms in total. The second kappa shape index (κ2) is 8.28. The quantitative estimate of drug-likeness (QED) is 0.767. The molecule has 1 aromatic carbocycles. The van der Waals surface area contributed by atoms with Gasteiger partial charge in [-0.05, 0) is 42.0 Å². The lowest BCUT2D eigenvalue weighted by Gasteiger charge is -2.25. The van der Waals surface area contributed by atoms with E-state index in [0.717, 1.165) is 17.9 Å². The Hall–Kier alpha value is -1.06. The van der Waals surface area contributed by atoms with Crippen LogP contribution in [0, 0.1) is 17.8 Å². The maximum absolute atomic E-state index is 10.2. The maximum Gasteiger partial charge on any atom is 0.118 e. The maximum atomic E-state index is 10.2. The average molecular weight is 279 g/mol. The minimum atomic E-state index is -0.471. The molecule has 0 aromatic heterocycles. The Morgan fingerprint density at radius 3 is 2.00 bits per heavy atom. The number of hydrogen-bond donors (Lipinski definition) is 2. The minimum absolute atomic E-state index is 0.471. The van der Waals surface area contributed by atoms with Crippen LogP contribution in [0.1, 0.15) is 39.4 Å². The van der Waals surface area contributed by atoms with Gasteiger partial charge in [-0.2, -0.15) is 0 Å².